The first-order valence-electron chi connectivity index (χ1n) is 9.40. The molecule has 1 saturated carbocycles. The maximum absolute atomic E-state index is 12.3. The molecule has 1 fully saturated rings. The fourth-order valence-electron chi connectivity index (χ4n) is 2.65. The molecule has 0 bridgehead atoms. The van der Waals surface area contributed by atoms with Crippen LogP contribution in [0.3, 0.4) is 0 Å². The van der Waals surface area contributed by atoms with Gasteiger partial charge in [0.2, 0.25) is 5.91 Å². The lowest BCUT2D eigenvalue weighted by molar-refractivity contribution is -0.117. The third-order valence-corrected chi connectivity index (χ3v) is 4.40. The van der Waals surface area contributed by atoms with Crippen molar-refractivity contribution in [3.63, 3.8) is 0 Å². The summed E-state index contributed by atoms with van der Waals surface area (Å²) >= 11 is 0. The van der Waals surface area contributed by atoms with E-state index >= 15 is 0 Å². The molecule has 2 N–H and O–H groups in total. The van der Waals surface area contributed by atoms with Gasteiger partial charge in [0.1, 0.15) is 0 Å². The fourth-order valence-corrected chi connectivity index (χ4v) is 2.65. The van der Waals surface area contributed by atoms with Crippen LogP contribution >= 0.6 is 0 Å². The Morgan fingerprint density at radius 2 is 1.81 bits per heavy atom. The molecule has 0 saturated heterocycles. The van der Waals surface area contributed by atoms with Gasteiger partial charge in [-0.2, -0.15) is 0 Å². The number of carbonyl (C=O) groups excluding carboxylic acids is 2. The highest BCUT2D eigenvalue weighted by molar-refractivity contribution is 5.95. The Bertz CT molecular complexity index is 795. The second kappa shape index (κ2) is 8.82. The molecule has 27 heavy (non-hydrogen) atoms. The molecule has 5 heteroatoms. The zero-order valence-corrected chi connectivity index (χ0v) is 15.8. The Hall–Kier alpha value is -2.66. The maximum atomic E-state index is 12.3. The molecule has 2 aromatic carbocycles. The van der Waals surface area contributed by atoms with Gasteiger partial charge < -0.3 is 15.4 Å². The minimum absolute atomic E-state index is 0.0812. The standard InChI is InChI=1S/C22H26N2O3/c1-15(2)27-14-16-6-8-18(9-7-16)21(25)23-13-17-4-3-5-20(12-17)24-22(26)19-10-11-19/h3-9,12,15,19H,10-11,13-14H2,1-2H3,(H,23,25)(H,24,26). The molecule has 0 atom stereocenters. The number of hydrogen-bond donors (Lipinski definition) is 2. The predicted octanol–water partition coefficient (Wildman–Crippen LogP) is 3.89. The van der Waals surface area contributed by atoms with Crippen molar-refractivity contribution in [3.05, 3.63) is 65.2 Å². The second-order valence-corrected chi connectivity index (χ2v) is 7.20. The largest absolute Gasteiger partial charge is 0.374 e. The molecule has 0 radical (unpaired) electrons. The lowest BCUT2D eigenvalue weighted by Gasteiger charge is -2.10. The van der Waals surface area contributed by atoms with Crippen molar-refractivity contribution >= 4 is 17.5 Å². The molecule has 142 valence electrons. The number of hydrogen-bond acceptors (Lipinski definition) is 3. The highest BCUT2D eigenvalue weighted by atomic mass is 16.5. The van der Waals surface area contributed by atoms with Gasteiger partial charge >= 0.3 is 0 Å². The highest BCUT2D eigenvalue weighted by Gasteiger charge is 2.29. The third kappa shape index (κ3) is 5.93. The van der Waals surface area contributed by atoms with Crippen LogP contribution in [-0.4, -0.2) is 17.9 Å². The van der Waals surface area contributed by atoms with E-state index in [0.29, 0.717) is 18.7 Å². The summed E-state index contributed by atoms with van der Waals surface area (Å²) in [5.41, 5.74) is 3.37. The maximum Gasteiger partial charge on any atom is 0.251 e. The second-order valence-electron chi connectivity index (χ2n) is 7.20. The van der Waals surface area contributed by atoms with E-state index < -0.39 is 0 Å². The van der Waals surface area contributed by atoms with Crippen LogP contribution in [-0.2, 0) is 22.7 Å². The van der Waals surface area contributed by atoms with Crippen LogP contribution in [0.15, 0.2) is 48.5 Å². The van der Waals surface area contributed by atoms with Gasteiger partial charge in [0.05, 0.1) is 12.7 Å². The van der Waals surface area contributed by atoms with Gasteiger partial charge in [-0.1, -0.05) is 24.3 Å². The molecule has 0 unspecified atom stereocenters. The summed E-state index contributed by atoms with van der Waals surface area (Å²) < 4.78 is 5.56. The van der Waals surface area contributed by atoms with Crippen molar-refractivity contribution in [1.82, 2.24) is 5.32 Å². The molecule has 2 aromatic rings. The number of ether oxygens (including phenoxy) is 1. The van der Waals surface area contributed by atoms with E-state index in [2.05, 4.69) is 10.6 Å². The summed E-state index contributed by atoms with van der Waals surface area (Å²) in [7, 11) is 0. The number of benzene rings is 2. The van der Waals surface area contributed by atoms with Crippen molar-refractivity contribution in [2.24, 2.45) is 5.92 Å². The predicted molar refractivity (Wildman–Crippen MR) is 105 cm³/mol. The molecule has 0 heterocycles. The van der Waals surface area contributed by atoms with Gasteiger partial charge in [-0.15, -0.1) is 0 Å². The van der Waals surface area contributed by atoms with Crippen LogP contribution in [0.25, 0.3) is 0 Å². The number of carbonyl (C=O) groups is 2. The first-order valence-corrected chi connectivity index (χ1v) is 9.40. The van der Waals surface area contributed by atoms with Crippen LogP contribution < -0.4 is 10.6 Å². The van der Waals surface area contributed by atoms with Gasteiger partial charge in [-0.05, 0) is 62.1 Å². The molecular formula is C22H26N2O3. The quantitative estimate of drug-likeness (QED) is 0.745. The minimum atomic E-state index is -0.126. The van der Waals surface area contributed by atoms with E-state index in [1.54, 1.807) is 12.1 Å². The van der Waals surface area contributed by atoms with Crippen LogP contribution in [0.1, 0.15) is 48.2 Å². The number of rotatable bonds is 8. The van der Waals surface area contributed by atoms with E-state index in [0.717, 1.165) is 29.7 Å². The molecule has 5 nitrogen and oxygen atoms in total. The summed E-state index contributed by atoms with van der Waals surface area (Å²) in [6, 6.07) is 15.0. The van der Waals surface area contributed by atoms with E-state index in [9.17, 15) is 9.59 Å². The van der Waals surface area contributed by atoms with Gasteiger partial charge in [-0.3, -0.25) is 9.59 Å². The number of anilines is 1. The summed E-state index contributed by atoms with van der Waals surface area (Å²) in [4.78, 5) is 24.2. The molecule has 0 aromatic heterocycles. The van der Waals surface area contributed by atoms with Gasteiger partial charge in [0.15, 0.2) is 0 Å². The SMILES string of the molecule is CC(C)OCc1ccc(C(=O)NCc2cccc(NC(=O)C3CC3)c2)cc1. The van der Waals surface area contributed by atoms with Gasteiger partial charge in [-0.25, -0.2) is 0 Å². The number of amides is 2. The van der Waals surface area contributed by atoms with Crippen molar-refractivity contribution in [1.29, 1.82) is 0 Å². The van der Waals surface area contributed by atoms with Crippen LogP contribution in [0, 0.1) is 5.92 Å². The monoisotopic (exact) mass is 366 g/mol. The van der Waals surface area contributed by atoms with Crippen LogP contribution in [0.5, 0.6) is 0 Å². The Morgan fingerprint density at radius 1 is 1.07 bits per heavy atom. The number of nitrogens with one attached hydrogen (secondary N) is 2. The zero-order chi connectivity index (χ0) is 19.2. The lowest BCUT2D eigenvalue weighted by Crippen LogP contribution is -2.23. The summed E-state index contributed by atoms with van der Waals surface area (Å²) in [6.07, 6.45) is 2.13. The van der Waals surface area contributed by atoms with Crippen molar-refractivity contribution in [3.8, 4) is 0 Å². The Balaban J connectivity index is 1.51. The smallest absolute Gasteiger partial charge is 0.251 e. The molecule has 3 rings (SSSR count). The first-order chi connectivity index (χ1) is 13.0. The topological polar surface area (TPSA) is 67.4 Å². The first kappa shape index (κ1) is 19.1. The Labute approximate surface area is 160 Å². The van der Waals surface area contributed by atoms with E-state index in [1.807, 2.05) is 50.2 Å². The summed E-state index contributed by atoms with van der Waals surface area (Å²) in [5, 5.41) is 5.84. The normalized spacial score (nSPS) is 13.4. The molecule has 1 aliphatic carbocycles. The highest BCUT2D eigenvalue weighted by Crippen LogP contribution is 2.30. The van der Waals surface area contributed by atoms with E-state index in [-0.39, 0.29) is 23.8 Å². The Kier molecular flexibility index (Phi) is 6.24. The summed E-state index contributed by atoms with van der Waals surface area (Å²) in [5.74, 6) is 0.124. The van der Waals surface area contributed by atoms with Gasteiger partial charge in [0, 0.05) is 23.7 Å². The molecule has 1 aliphatic rings. The van der Waals surface area contributed by atoms with E-state index in [4.69, 9.17) is 4.74 Å². The molecule has 0 spiro atoms. The molecule has 2 amide bonds. The Morgan fingerprint density at radius 3 is 2.48 bits per heavy atom. The van der Waals surface area contributed by atoms with Crippen molar-refractivity contribution in [2.75, 3.05) is 5.32 Å². The minimum Gasteiger partial charge on any atom is -0.374 e. The van der Waals surface area contributed by atoms with E-state index in [1.165, 1.54) is 0 Å². The molecular weight excluding hydrogens is 340 g/mol. The third-order valence-electron chi connectivity index (χ3n) is 4.40. The summed E-state index contributed by atoms with van der Waals surface area (Å²) in [6.45, 7) is 4.94. The van der Waals surface area contributed by atoms with Crippen molar-refractivity contribution in [2.45, 2.75) is 45.9 Å². The molecule has 0 aliphatic heterocycles. The van der Waals surface area contributed by atoms with Crippen LogP contribution in [0.4, 0.5) is 5.69 Å². The van der Waals surface area contributed by atoms with Crippen LogP contribution in [0.2, 0.25) is 0 Å². The zero-order valence-electron chi connectivity index (χ0n) is 15.8. The van der Waals surface area contributed by atoms with Crippen molar-refractivity contribution < 1.29 is 14.3 Å². The fraction of sp³-hybridized carbons (Fsp3) is 0.364. The lowest BCUT2D eigenvalue weighted by atomic mass is 10.1. The average Bonchev–Trinajstić information content (AvgIpc) is 3.50. The van der Waals surface area contributed by atoms with Gasteiger partial charge in [0.25, 0.3) is 5.91 Å². The average molecular weight is 366 g/mol.